The third-order valence-corrected chi connectivity index (χ3v) is 5.57. The van der Waals surface area contributed by atoms with Crippen LogP contribution in [0.2, 0.25) is 0 Å². The zero-order valence-electron chi connectivity index (χ0n) is 11.4. The number of hydrogen-bond acceptors (Lipinski definition) is 5. The minimum absolute atomic E-state index is 0.0143. The molecule has 7 nitrogen and oxygen atoms in total. The third kappa shape index (κ3) is 2.67. The molecular weight excluding hydrogens is 282 g/mol. The van der Waals surface area contributed by atoms with Gasteiger partial charge >= 0.3 is 0 Å². The Morgan fingerprint density at radius 1 is 1.45 bits per heavy atom. The van der Waals surface area contributed by atoms with E-state index in [0.29, 0.717) is 25.2 Å². The van der Waals surface area contributed by atoms with Crippen LogP contribution in [0.5, 0.6) is 0 Å². The molecule has 1 atom stereocenters. The number of nitro benzene ring substituents is 1. The van der Waals surface area contributed by atoms with Gasteiger partial charge in [0.15, 0.2) is 0 Å². The Kier molecular flexibility index (Phi) is 4.07. The van der Waals surface area contributed by atoms with Gasteiger partial charge in [-0.15, -0.1) is 0 Å². The number of nitrogens with zero attached hydrogens (tertiary/aromatic N) is 2. The molecule has 0 aromatic heterocycles. The highest BCUT2D eigenvalue weighted by Gasteiger charge is 2.32. The first-order chi connectivity index (χ1) is 9.34. The van der Waals surface area contributed by atoms with E-state index >= 15 is 0 Å². The molecule has 2 rings (SSSR count). The molecule has 1 N–H and O–H groups in total. The molecule has 1 unspecified atom stereocenters. The van der Waals surface area contributed by atoms with Crippen LogP contribution in [0.1, 0.15) is 12.5 Å². The fourth-order valence-electron chi connectivity index (χ4n) is 2.29. The first kappa shape index (κ1) is 14.9. The van der Waals surface area contributed by atoms with Crippen LogP contribution in [0.15, 0.2) is 23.1 Å². The summed E-state index contributed by atoms with van der Waals surface area (Å²) in [6.07, 6.45) is 0. The smallest absolute Gasteiger partial charge is 0.270 e. The van der Waals surface area contributed by atoms with Crippen LogP contribution < -0.4 is 5.32 Å². The Bertz CT molecular complexity index is 630. The van der Waals surface area contributed by atoms with Gasteiger partial charge in [-0.25, -0.2) is 8.42 Å². The third-order valence-electron chi connectivity index (χ3n) is 3.41. The minimum atomic E-state index is -3.71. The topological polar surface area (TPSA) is 92.5 Å². The first-order valence-corrected chi connectivity index (χ1v) is 7.75. The number of piperazine rings is 1. The van der Waals surface area contributed by atoms with Crippen molar-refractivity contribution in [1.29, 1.82) is 0 Å². The lowest BCUT2D eigenvalue weighted by Crippen LogP contribution is -2.52. The van der Waals surface area contributed by atoms with Crippen molar-refractivity contribution < 1.29 is 13.3 Å². The van der Waals surface area contributed by atoms with Crippen LogP contribution >= 0.6 is 0 Å². The summed E-state index contributed by atoms with van der Waals surface area (Å²) < 4.78 is 26.7. The van der Waals surface area contributed by atoms with Gasteiger partial charge in [-0.2, -0.15) is 4.31 Å². The molecule has 0 spiro atoms. The lowest BCUT2D eigenvalue weighted by molar-refractivity contribution is -0.385. The maximum atomic E-state index is 12.7. The van der Waals surface area contributed by atoms with Crippen molar-refractivity contribution in [2.75, 3.05) is 19.6 Å². The SMILES string of the molecule is Cc1ccc([N+](=O)[O-])cc1S(=O)(=O)N1CCNCC1C. The van der Waals surface area contributed by atoms with E-state index in [1.807, 2.05) is 6.92 Å². The van der Waals surface area contributed by atoms with Gasteiger partial charge in [0.05, 0.1) is 9.82 Å². The van der Waals surface area contributed by atoms with E-state index in [-0.39, 0.29) is 16.6 Å². The standard InChI is InChI=1S/C12H17N3O4S/c1-9-3-4-11(15(16)17)7-12(9)20(18,19)14-6-5-13-8-10(14)2/h3-4,7,10,13H,5-6,8H2,1-2H3. The number of non-ortho nitro benzene ring substituents is 1. The van der Waals surface area contributed by atoms with Gasteiger partial charge in [-0.05, 0) is 19.4 Å². The van der Waals surface area contributed by atoms with Crippen LogP contribution in [-0.2, 0) is 10.0 Å². The molecule has 20 heavy (non-hydrogen) atoms. The second kappa shape index (κ2) is 5.47. The zero-order chi connectivity index (χ0) is 14.9. The lowest BCUT2D eigenvalue weighted by atomic mass is 10.2. The van der Waals surface area contributed by atoms with E-state index in [2.05, 4.69) is 5.32 Å². The van der Waals surface area contributed by atoms with E-state index in [9.17, 15) is 18.5 Å². The molecule has 0 saturated carbocycles. The molecule has 1 aromatic rings. The molecule has 0 radical (unpaired) electrons. The average Bonchev–Trinajstić information content (AvgIpc) is 2.39. The van der Waals surface area contributed by atoms with Crippen LogP contribution in [-0.4, -0.2) is 43.3 Å². The second-order valence-corrected chi connectivity index (χ2v) is 6.73. The summed E-state index contributed by atoms with van der Waals surface area (Å²) in [6, 6.07) is 3.75. The van der Waals surface area contributed by atoms with Crippen LogP contribution in [0.4, 0.5) is 5.69 Å². The average molecular weight is 299 g/mol. The van der Waals surface area contributed by atoms with E-state index in [0.717, 1.165) is 6.07 Å². The molecular formula is C12H17N3O4S. The summed E-state index contributed by atoms with van der Waals surface area (Å²) in [6.45, 7) is 4.98. The summed E-state index contributed by atoms with van der Waals surface area (Å²) in [5.41, 5.74) is 0.304. The molecule has 1 aromatic carbocycles. The predicted octanol–water partition coefficient (Wildman–Crippen LogP) is 0.886. The number of nitro groups is 1. The molecule has 8 heteroatoms. The molecule has 1 heterocycles. The summed E-state index contributed by atoms with van der Waals surface area (Å²) in [7, 11) is -3.71. The van der Waals surface area contributed by atoms with Crippen molar-refractivity contribution in [1.82, 2.24) is 9.62 Å². The number of aryl methyl sites for hydroxylation is 1. The van der Waals surface area contributed by atoms with Crippen LogP contribution in [0.3, 0.4) is 0 Å². The predicted molar refractivity (Wildman–Crippen MR) is 74.1 cm³/mol. The summed E-state index contributed by atoms with van der Waals surface area (Å²) in [4.78, 5) is 10.2. The van der Waals surface area contributed by atoms with Crippen molar-refractivity contribution in [3.63, 3.8) is 0 Å². The van der Waals surface area contributed by atoms with Crippen molar-refractivity contribution >= 4 is 15.7 Å². The van der Waals surface area contributed by atoms with Gasteiger partial charge in [0.2, 0.25) is 10.0 Å². The highest BCUT2D eigenvalue weighted by molar-refractivity contribution is 7.89. The Morgan fingerprint density at radius 2 is 2.15 bits per heavy atom. The highest BCUT2D eigenvalue weighted by atomic mass is 32.2. The number of hydrogen-bond donors (Lipinski definition) is 1. The molecule has 0 aliphatic carbocycles. The lowest BCUT2D eigenvalue weighted by Gasteiger charge is -2.33. The second-order valence-electron chi connectivity index (χ2n) is 4.88. The Morgan fingerprint density at radius 3 is 2.75 bits per heavy atom. The number of nitrogens with one attached hydrogen (secondary N) is 1. The van der Waals surface area contributed by atoms with Crippen LogP contribution in [0, 0.1) is 17.0 Å². The summed E-state index contributed by atoms with van der Waals surface area (Å²) in [5, 5.41) is 13.9. The molecule has 0 bridgehead atoms. The molecule has 1 aliphatic rings. The van der Waals surface area contributed by atoms with Crippen molar-refractivity contribution in [3.05, 3.63) is 33.9 Å². The Labute approximate surface area is 117 Å². The maximum Gasteiger partial charge on any atom is 0.270 e. The van der Waals surface area contributed by atoms with Crippen molar-refractivity contribution in [2.24, 2.45) is 0 Å². The molecule has 1 aliphatic heterocycles. The summed E-state index contributed by atoms with van der Waals surface area (Å²) >= 11 is 0. The van der Waals surface area contributed by atoms with E-state index in [4.69, 9.17) is 0 Å². The van der Waals surface area contributed by atoms with Gasteiger partial charge in [-0.1, -0.05) is 6.07 Å². The van der Waals surface area contributed by atoms with E-state index in [1.165, 1.54) is 16.4 Å². The van der Waals surface area contributed by atoms with Gasteiger partial charge in [-0.3, -0.25) is 10.1 Å². The molecule has 110 valence electrons. The maximum absolute atomic E-state index is 12.7. The van der Waals surface area contributed by atoms with E-state index in [1.54, 1.807) is 6.92 Å². The summed E-state index contributed by atoms with van der Waals surface area (Å²) in [5.74, 6) is 0. The fraction of sp³-hybridized carbons (Fsp3) is 0.500. The van der Waals surface area contributed by atoms with Gasteiger partial charge < -0.3 is 5.32 Å². The molecule has 1 saturated heterocycles. The highest BCUT2D eigenvalue weighted by Crippen LogP contribution is 2.26. The van der Waals surface area contributed by atoms with Gasteiger partial charge in [0, 0.05) is 37.8 Å². The van der Waals surface area contributed by atoms with Crippen LogP contribution in [0.25, 0.3) is 0 Å². The monoisotopic (exact) mass is 299 g/mol. The van der Waals surface area contributed by atoms with Gasteiger partial charge in [0.1, 0.15) is 0 Å². The van der Waals surface area contributed by atoms with Gasteiger partial charge in [0.25, 0.3) is 5.69 Å². The number of sulfonamides is 1. The first-order valence-electron chi connectivity index (χ1n) is 6.31. The van der Waals surface area contributed by atoms with Crippen molar-refractivity contribution in [3.8, 4) is 0 Å². The molecule has 1 fully saturated rings. The normalized spacial score (nSPS) is 20.8. The number of benzene rings is 1. The Balaban J connectivity index is 2.48. The quantitative estimate of drug-likeness (QED) is 0.661. The van der Waals surface area contributed by atoms with E-state index < -0.39 is 14.9 Å². The fourth-order valence-corrected chi connectivity index (χ4v) is 4.16. The Hall–Kier alpha value is -1.51. The number of rotatable bonds is 3. The zero-order valence-corrected chi connectivity index (χ0v) is 12.2. The van der Waals surface area contributed by atoms with Crippen molar-refractivity contribution in [2.45, 2.75) is 24.8 Å². The largest absolute Gasteiger partial charge is 0.314 e. The minimum Gasteiger partial charge on any atom is -0.314 e. The molecule has 0 amide bonds.